The molecule has 0 saturated carbocycles. The van der Waals surface area contributed by atoms with Gasteiger partial charge in [0.15, 0.2) is 5.16 Å². The molecule has 0 spiro atoms. The van der Waals surface area contributed by atoms with Gasteiger partial charge in [0.25, 0.3) is 5.56 Å². The van der Waals surface area contributed by atoms with Crippen molar-refractivity contribution in [3.05, 3.63) is 58.5 Å². The third-order valence-electron chi connectivity index (χ3n) is 4.28. The summed E-state index contributed by atoms with van der Waals surface area (Å²) in [5.74, 6) is 0.643. The number of rotatable bonds is 8. The minimum Gasteiger partial charge on any atom is -0.355 e. The van der Waals surface area contributed by atoms with Crippen LogP contribution >= 0.6 is 11.8 Å². The average Bonchev–Trinajstić information content (AvgIpc) is 2.70. The predicted molar refractivity (Wildman–Crippen MR) is 113 cm³/mol. The summed E-state index contributed by atoms with van der Waals surface area (Å²) in [4.78, 5) is 34.4. The number of nitrogens with zero attached hydrogens (tertiary/aromatic N) is 3. The zero-order chi connectivity index (χ0) is 19.9. The number of amides is 1. The second-order valence-corrected chi connectivity index (χ2v) is 7.48. The number of benzene rings is 1. The van der Waals surface area contributed by atoms with E-state index in [1.54, 1.807) is 18.2 Å². The van der Waals surface area contributed by atoms with Gasteiger partial charge in [0, 0.05) is 12.2 Å². The first kappa shape index (κ1) is 20.1. The summed E-state index contributed by atoms with van der Waals surface area (Å²) < 4.78 is 1.49. The minimum absolute atomic E-state index is 0.0627. The molecule has 1 aromatic carbocycles. The molecule has 0 aliphatic rings. The van der Waals surface area contributed by atoms with E-state index in [9.17, 15) is 9.59 Å². The van der Waals surface area contributed by atoms with Crippen LogP contribution < -0.4 is 10.9 Å². The molecule has 0 atom stereocenters. The van der Waals surface area contributed by atoms with E-state index >= 15 is 0 Å². The zero-order valence-corrected chi connectivity index (χ0v) is 17.0. The molecular weight excluding hydrogens is 372 g/mol. The highest BCUT2D eigenvalue weighted by molar-refractivity contribution is 7.99. The summed E-state index contributed by atoms with van der Waals surface area (Å²) in [5, 5.41) is 3.91. The SMILES string of the molecule is CCCCCNC(=O)CSc1nc2ccccc2c(=O)n1-c1cccc(C)n1. The van der Waals surface area contributed by atoms with Crippen LogP contribution in [0.25, 0.3) is 16.7 Å². The van der Waals surface area contributed by atoms with Gasteiger partial charge >= 0.3 is 0 Å². The molecule has 3 aromatic rings. The highest BCUT2D eigenvalue weighted by Crippen LogP contribution is 2.20. The van der Waals surface area contributed by atoms with E-state index in [0.29, 0.717) is 28.4 Å². The van der Waals surface area contributed by atoms with Crippen molar-refractivity contribution in [2.24, 2.45) is 0 Å². The lowest BCUT2D eigenvalue weighted by atomic mass is 10.2. The Bertz CT molecular complexity index is 1030. The van der Waals surface area contributed by atoms with E-state index in [1.807, 2.05) is 31.2 Å². The lowest BCUT2D eigenvalue weighted by Gasteiger charge is -2.13. The van der Waals surface area contributed by atoms with Crippen LogP contribution in [0.3, 0.4) is 0 Å². The van der Waals surface area contributed by atoms with Gasteiger partial charge in [-0.3, -0.25) is 9.59 Å². The average molecular weight is 397 g/mol. The van der Waals surface area contributed by atoms with Crippen LogP contribution in [0.1, 0.15) is 31.9 Å². The molecule has 7 heteroatoms. The Morgan fingerprint density at radius 1 is 1.11 bits per heavy atom. The molecule has 2 aromatic heterocycles. The standard InChI is InChI=1S/C21H24N4O2S/c1-3-4-7-13-22-19(26)14-28-21-24-17-11-6-5-10-16(17)20(27)25(21)18-12-8-9-15(2)23-18/h5-6,8-12H,3-4,7,13-14H2,1-2H3,(H,22,26). The van der Waals surface area contributed by atoms with Crippen molar-refractivity contribution < 1.29 is 4.79 Å². The number of fused-ring (bicyclic) bond motifs is 1. The number of nitrogens with one attached hydrogen (secondary N) is 1. The van der Waals surface area contributed by atoms with Gasteiger partial charge in [0.1, 0.15) is 5.82 Å². The first-order valence-corrected chi connectivity index (χ1v) is 10.4. The van der Waals surface area contributed by atoms with Gasteiger partial charge in [-0.25, -0.2) is 14.5 Å². The van der Waals surface area contributed by atoms with E-state index in [-0.39, 0.29) is 17.2 Å². The molecule has 28 heavy (non-hydrogen) atoms. The Hall–Kier alpha value is -2.67. The molecule has 146 valence electrons. The third kappa shape index (κ3) is 4.78. The van der Waals surface area contributed by atoms with Crippen molar-refractivity contribution in [3.8, 4) is 5.82 Å². The van der Waals surface area contributed by atoms with Crippen LogP contribution in [0, 0.1) is 6.92 Å². The second-order valence-electron chi connectivity index (χ2n) is 6.53. The molecular formula is C21H24N4O2S. The van der Waals surface area contributed by atoms with Gasteiger partial charge in [-0.15, -0.1) is 0 Å². The third-order valence-corrected chi connectivity index (χ3v) is 5.22. The summed E-state index contributed by atoms with van der Waals surface area (Å²) in [5.41, 5.74) is 1.24. The monoisotopic (exact) mass is 396 g/mol. The van der Waals surface area contributed by atoms with Crippen molar-refractivity contribution >= 4 is 28.6 Å². The fourth-order valence-corrected chi connectivity index (χ4v) is 3.68. The summed E-state index contributed by atoms with van der Waals surface area (Å²) >= 11 is 1.25. The lowest BCUT2D eigenvalue weighted by molar-refractivity contribution is -0.118. The quantitative estimate of drug-likeness (QED) is 0.358. The number of para-hydroxylation sites is 1. The van der Waals surface area contributed by atoms with Crippen molar-refractivity contribution in [3.63, 3.8) is 0 Å². The molecule has 1 amide bonds. The number of carbonyl (C=O) groups excluding carboxylic acids is 1. The number of unbranched alkanes of at least 4 members (excludes halogenated alkanes) is 2. The molecule has 0 saturated heterocycles. The first-order valence-electron chi connectivity index (χ1n) is 9.45. The van der Waals surface area contributed by atoms with E-state index in [1.165, 1.54) is 16.3 Å². The number of thioether (sulfide) groups is 1. The van der Waals surface area contributed by atoms with Gasteiger partial charge in [0.05, 0.1) is 16.7 Å². The normalized spacial score (nSPS) is 10.9. The largest absolute Gasteiger partial charge is 0.355 e. The number of aromatic nitrogens is 3. The molecule has 0 aliphatic carbocycles. The Labute approximate surface area is 168 Å². The van der Waals surface area contributed by atoms with Crippen LogP contribution in [0.4, 0.5) is 0 Å². The Balaban J connectivity index is 1.91. The molecule has 0 aliphatic heterocycles. The fourth-order valence-electron chi connectivity index (χ4n) is 2.85. The van der Waals surface area contributed by atoms with Crippen molar-refractivity contribution in [1.29, 1.82) is 0 Å². The molecule has 3 rings (SSSR count). The van der Waals surface area contributed by atoms with Gasteiger partial charge < -0.3 is 5.32 Å². The maximum Gasteiger partial charge on any atom is 0.267 e. The molecule has 0 radical (unpaired) electrons. The topological polar surface area (TPSA) is 76.9 Å². The van der Waals surface area contributed by atoms with Crippen molar-refractivity contribution in [2.45, 2.75) is 38.3 Å². The van der Waals surface area contributed by atoms with Crippen molar-refractivity contribution in [1.82, 2.24) is 19.9 Å². The molecule has 0 bridgehead atoms. The lowest BCUT2D eigenvalue weighted by Crippen LogP contribution is -2.27. The zero-order valence-electron chi connectivity index (χ0n) is 16.1. The first-order chi connectivity index (χ1) is 13.6. The summed E-state index contributed by atoms with van der Waals surface area (Å²) in [7, 11) is 0. The van der Waals surface area contributed by atoms with Gasteiger partial charge in [0.2, 0.25) is 5.91 Å². The molecule has 6 nitrogen and oxygen atoms in total. The van der Waals surface area contributed by atoms with Crippen LogP contribution in [0.5, 0.6) is 0 Å². The molecule has 2 heterocycles. The number of carbonyl (C=O) groups is 1. The molecule has 1 N–H and O–H groups in total. The number of hydrogen-bond donors (Lipinski definition) is 1. The van der Waals surface area contributed by atoms with Crippen LogP contribution in [-0.2, 0) is 4.79 Å². The van der Waals surface area contributed by atoms with Crippen molar-refractivity contribution in [2.75, 3.05) is 12.3 Å². The Morgan fingerprint density at radius 3 is 2.71 bits per heavy atom. The van der Waals surface area contributed by atoms with Gasteiger partial charge in [-0.05, 0) is 37.6 Å². The second kappa shape index (κ2) is 9.50. The number of hydrogen-bond acceptors (Lipinski definition) is 5. The summed E-state index contributed by atoms with van der Waals surface area (Å²) in [6, 6.07) is 12.7. The number of aryl methyl sites for hydroxylation is 1. The van der Waals surface area contributed by atoms with E-state index < -0.39 is 0 Å². The highest BCUT2D eigenvalue weighted by Gasteiger charge is 2.15. The molecule has 0 unspecified atom stereocenters. The molecule has 0 fully saturated rings. The number of pyridine rings is 1. The smallest absolute Gasteiger partial charge is 0.267 e. The van der Waals surface area contributed by atoms with E-state index in [4.69, 9.17) is 0 Å². The maximum atomic E-state index is 13.1. The Kier molecular flexibility index (Phi) is 6.81. The van der Waals surface area contributed by atoms with Crippen LogP contribution in [-0.4, -0.2) is 32.7 Å². The van der Waals surface area contributed by atoms with Gasteiger partial charge in [-0.2, -0.15) is 0 Å². The van der Waals surface area contributed by atoms with E-state index in [2.05, 4.69) is 22.2 Å². The Morgan fingerprint density at radius 2 is 1.93 bits per heavy atom. The fraction of sp³-hybridized carbons (Fsp3) is 0.333. The maximum absolute atomic E-state index is 13.1. The van der Waals surface area contributed by atoms with Crippen LogP contribution in [0.15, 0.2) is 52.4 Å². The van der Waals surface area contributed by atoms with Crippen LogP contribution in [0.2, 0.25) is 0 Å². The van der Waals surface area contributed by atoms with E-state index in [0.717, 1.165) is 25.0 Å². The highest BCUT2D eigenvalue weighted by atomic mass is 32.2. The minimum atomic E-state index is -0.186. The predicted octanol–water partition coefficient (Wildman–Crippen LogP) is 3.49. The van der Waals surface area contributed by atoms with Gasteiger partial charge in [-0.1, -0.05) is 49.7 Å². The summed E-state index contributed by atoms with van der Waals surface area (Å²) in [6.07, 6.45) is 3.18. The summed E-state index contributed by atoms with van der Waals surface area (Å²) in [6.45, 7) is 4.67.